The molecule has 4 heteroatoms. The summed E-state index contributed by atoms with van der Waals surface area (Å²) in [5.41, 5.74) is 10.3. The highest BCUT2D eigenvalue weighted by Gasteiger charge is 2.11. The first-order valence-corrected chi connectivity index (χ1v) is 8.66. The van der Waals surface area contributed by atoms with E-state index in [0.29, 0.717) is 6.61 Å². The second kappa shape index (κ2) is 8.49. The Kier molecular flexibility index (Phi) is 5.86. The van der Waals surface area contributed by atoms with E-state index in [-0.39, 0.29) is 6.10 Å². The van der Waals surface area contributed by atoms with E-state index in [1.54, 1.807) is 6.20 Å². The average molecular weight is 335 g/mol. The summed E-state index contributed by atoms with van der Waals surface area (Å²) in [4.78, 5) is 4.12. The highest BCUT2D eigenvalue weighted by molar-refractivity contribution is 5.39. The van der Waals surface area contributed by atoms with Crippen molar-refractivity contribution in [2.24, 2.45) is 0 Å². The van der Waals surface area contributed by atoms with E-state index in [0.717, 1.165) is 30.6 Å². The summed E-state index contributed by atoms with van der Waals surface area (Å²) < 4.78 is 8.27. The number of imidazole rings is 1. The summed E-state index contributed by atoms with van der Waals surface area (Å²) in [6, 6.07) is 16.6. The van der Waals surface area contributed by atoms with Crippen molar-refractivity contribution in [3.63, 3.8) is 0 Å². The molecule has 1 heterocycles. The Morgan fingerprint density at radius 2 is 1.76 bits per heavy atom. The first-order chi connectivity index (χ1) is 12.2. The fourth-order valence-corrected chi connectivity index (χ4v) is 2.77. The van der Waals surface area contributed by atoms with Crippen LogP contribution < -0.4 is 5.73 Å². The minimum atomic E-state index is 0.132. The number of nitrogen functional groups attached to an aromatic ring is 1. The molecule has 0 saturated carbocycles. The molecule has 0 fully saturated rings. The zero-order valence-electron chi connectivity index (χ0n) is 14.6. The number of aryl methyl sites for hydroxylation is 2. The van der Waals surface area contributed by atoms with Crippen molar-refractivity contribution in [2.45, 2.75) is 39.0 Å². The van der Waals surface area contributed by atoms with Gasteiger partial charge >= 0.3 is 0 Å². The van der Waals surface area contributed by atoms with Gasteiger partial charge < -0.3 is 15.0 Å². The Labute approximate surface area is 149 Å². The van der Waals surface area contributed by atoms with Crippen LogP contribution in [0.4, 0.5) is 5.69 Å². The lowest BCUT2D eigenvalue weighted by Crippen LogP contribution is -2.20. The number of nitrogens with two attached hydrogens (primary N) is 1. The van der Waals surface area contributed by atoms with Crippen molar-refractivity contribution in [2.75, 3.05) is 5.73 Å². The Bertz CT molecular complexity index is 699. The molecular formula is C21H25N3O. The highest BCUT2D eigenvalue weighted by Crippen LogP contribution is 2.14. The molecule has 0 radical (unpaired) electrons. The standard InChI is InChI=1S/C21H25N3O/c1-17-2-4-18(5-3-17)8-11-21(14-24-13-12-23-16-24)25-15-19-6-9-20(22)10-7-19/h2-7,9-10,12-13,16,21H,8,11,14-15,22H2,1H3. The van der Waals surface area contributed by atoms with E-state index in [4.69, 9.17) is 10.5 Å². The van der Waals surface area contributed by atoms with E-state index in [2.05, 4.69) is 40.7 Å². The fourth-order valence-electron chi connectivity index (χ4n) is 2.77. The SMILES string of the molecule is Cc1ccc(CCC(Cn2ccnc2)OCc2ccc(N)cc2)cc1. The van der Waals surface area contributed by atoms with Gasteiger partial charge in [0.15, 0.2) is 0 Å². The number of ether oxygens (including phenoxy) is 1. The van der Waals surface area contributed by atoms with Crippen molar-refractivity contribution in [1.82, 2.24) is 9.55 Å². The Balaban J connectivity index is 1.59. The Morgan fingerprint density at radius 3 is 2.44 bits per heavy atom. The minimum absolute atomic E-state index is 0.132. The topological polar surface area (TPSA) is 53.1 Å². The summed E-state index contributed by atoms with van der Waals surface area (Å²) in [6.07, 6.45) is 7.72. The molecule has 1 aromatic heterocycles. The molecule has 0 aliphatic heterocycles. The molecule has 2 aromatic carbocycles. The molecule has 25 heavy (non-hydrogen) atoms. The number of aromatic nitrogens is 2. The lowest BCUT2D eigenvalue weighted by atomic mass is 10.1. The van der Waals surface area contributed by atoms with Crippen LogP contribution in [0.15, 0.2) is 67.3 Å². The van der Waals surface area contributed by atoms with Gasteiger partial charge in [-0.3, -0.25) is 0 Å². The smallest absolute Gasteiger partial charge is 0.0946 e. The predicted octanol–water partition coefficient (Wildman–Crippen LogP) is 3.99. The third kappa shape index (κ3) is 5.47. The van der Waals surface area contributed by atoms with E-state index in [9.17, 15) is 0 Å². The van der Waals surface area contributed by atoms with Crippen LogP contribution in [0.1, 0.15) is 23.1 Å². The van der Waals surface area contributed by atoms with Gasteiger partial charge in [-0.15, -0.1) is 0 Å². The normalized spacial score (nSPS) is 12.2. The molecule has 2 N–H and O–H groups in total. The maximum atomic E-state index is 6.20. The number of nitrogens with zero attached hydrogens (tertiary/aromatic N) is 2. The third-order valence-electron chi connectivity index (χ3n) is 4.31. The van der Waals surface area contributed by atoms with Crippen LogP contribution in [0.25, 0.3) is 0 Å². The van der Waals surface area contributed by atoms with Crippen LogP contribution in [-0.4, -0.2) is 15.7 Å². The Morgan fingerprint density at radius 1 is 1.04 bits per heavy atom. The monoisotopic (exact) mass is 335 g/mol. The quantitative estimate of drug-likeness (QED) is 0.633. The highest BCUT2D eigenvalue weighted by atomic mass is 16.5. The molecule has 1 unspecified atom stereocenters. The number of hydrogen-bond acceptors (Lipinski definition) is 3. The molecule has 0 saturated heterocycles. The van der Waals surface area contributed by atoms with Crippen LogP contribution in [0.5, 0.6) is 0 Å². The van der Waals surface area contributed by atoms with Gasteiger partial charge in [0.2, 0.25) is 0 Å². The first kappa shape index (κ1) is 17.2. The van der Waals surface area contributed by atoms with Gasteiger partial charge in [-0.05, 0) is 43.0 Å². The van der Waals surface area contributed by atoms with Crippen LogP contribution >= 0.6 is 0 Å². The molecule has 3 rings (SSSR count). The number of hydrogen-bond donors (Lipinski definition) is 1. The number of anilines is 1. The van der Waals surface area contributed by atoms with Crippen LogP contribution in [-0.2, 0) is 24.3 Å². The summed E-state index contributed by atoms with van der Waals surface area (Å²) >= 11 is 0. The van der Waals surface area contributed by atoms with Crippen molar-refractivity contribution < 1.29 is 4.74 Å². The van der Waals surface area contributed by atoms with Crippen LogP contribution in [0.2, 0.25) is 0 Å². The van der Waals surface area contributed by atoms with Crippen molar-refractivity contribution in [1.29, 1.82) is 0 Å². The number of rotatable bonds is 8. The minimum Gasteiger partial charge on any atom is -0.399 e. The molecular weight excluding hydrogens is 310 g/mol. The zero-order valence-corrected chi connectivity index (χ0v) is 14.6. The lowest BCUT2D eigenvalue weighted by molar-refractivity contribution is 0.0239. The van der Waals surface area contributed by atoms with Crippen LogP contribution in [0, 0.1) is 6.92 Å². The predicted molar refractivity (Wildman–Crippen MR) is 101 cm³/mol. The maximum Gasteiger partial charge on any atom is 0.0946 e. The van der Waals surface area contributed by atoms with Crippen molar-refractivity contribution >= 4 is 5.69 Å². The largest absolute Gasteiger partial charge is 0.399 e. The van der Waals surface area contributed by atoms with Crippen molar-refractivity contribution in [3.8, 4) is 0 Å². The summed E-state index contributed by atoms with van der Waals surface area (Å²) in [5, 5.41) is 0. The Hall–Kier alpha value is -2.59. The average Bonchev–Trinajstić information content (AvgIpc) is 3.13. The molecule has 1 atom stereocenters. The fraction of sp³-hybridized carbons (Fsp3) is 0.286. The van der Waals surface area contributed by atoms with Gasteiger partial charge in [0.1, 0.15) is 0 Å². The second-order valence-corrected chi connectivity index (χ2v) is 6.46. The van der Waals surface area contributed by atoms with E-state index in [1.807, 2.05) is 36.8 Å². The third-order valence-corrected chi connectivity index (χ3v) is 4.31. The van der Waals surface area contributed by atoms with E-state index < -0.39 is 0 Å². The van der Waals surface area contributed by atoms with E-state index >= 15 is 0 Å². The molecule has 0 aliphatic carbocycles. The molecule has 4 nitrogen and oxygen atoms in total. The maximum absolute atomic E-state index is 6.20. The molecule has 0 spiro atoms. The van der Waals surface area contributed by atoms with Gasteiger partial charge in [-0.25, -0.2) is 4.98 Å². The van der Waals surface area contributed by atoms with Gasteiger partial charge in [0.05, 0.1) is 19.0 Å². The molecule has 0 aliphatic rings. The molecule has 0 bridgehead atoms. The number of benzene rings is 2. The summed E-state index contributed by atoms with van der Waals surface area (Å²) in [7, 11) is 0. The van der Waals surface area contributed by atoms with Gasteiger partial charge in [-0.1, -0.05) is 42.0 Å². The van der Waals surface area contributed by atoms with Crippen LogP contribution in [0.3, 0.4) is 0 Å². The van der Waals surface area contributed by atoms with Gasteiger partial charge in [0.25, 0.3) is 0 Å². The first-order valence-electron chi connectivity index (χ1n) is 8.66. The summed E-state index contributed by atoms with van der Waals surface area (Å²) in [5.74, 6) is 0. The molecule has 130 valence electrons. The molecule has 3 aromatic rings. The zero-order chi connectivity index (χ0) is 17.5. The lowest BCUT2D eigenvalue weighted by Gasteiger charge is -2.19. The van der Waals surface area contributed by atoms with Crippen molar-refractivity contribution in [3.05, 3.63) is 83.9 Å². The second-order valence-electron chi connectivity index (χ2n) is 6.46. The van der Waals surface area contributed by atoms with Gasteiger partial charge in [0, 0.05) is 24.6 Å². The summed E-state index contributed by atoms with van der Waals surface area (Å²) in [6.45, 7) is 3.51. The van der Waals surface area contributed by atoms with E-state index in [1.165, 1.54) is 11.1 Å². The molecule has 0 amide bonds. The van der Waals surface area contributed by atoms with Gasteiger partial charge in [-0.2, -0.15) is 0 Å².